The summed E-state index contributed by atoms with van der Waals surface area (Å²) >= 11 is 6.73. The Bertz CT molecular complexity index is 1150. The van der Waals surface area contributed by atoms with Crippen LogP contribution in [-0.4, -0.2) is 29.1 Å². The minimum absolute atomic E-state index is 0.231. The van der Waals surface area contributed by atoms with Crippen LogP contribution in [0.25, 0.3) is 27.8 Å². The van der Waals surface area contributed by atoms with Crippen LogP contribution in [0.1, 0.15) is 17.3 Å². The van der Waals surface area contributed by atoms with Crippen molar-refractivity contribution in [3.05, 3.63) is 65.2 Å². The fourth-order valence-electron chi connectivity index (χ4n) is 3.26. The largest absolute Gasteiger partial charge is 0.481 e. The van der Waals surface area contributed by atoms with Crippen molar-refractivity contribution in [2.75, 3.05) is 13.7 Å². The number of aromatic nitrogens is 2. The highest BCUT2D eigenvalue weighted by atomic mass is 35.5. The lowest BCUT2D eigenvalue weighted by Gasteiger charge is -2.17. The molecule has 0 amide bonds. The van der Waals surface area contributed by atoms with Crippen molar-refractivity contribution in [3.63, 3.8) is 0 Å². The molecule has 5 nitrogen and oxygen atoms in total. The maximum Gasteiger partial charge on any atom is 0.343 e. The number of esters is 1. The van der Waals surface area contributed by atoms with Crippen molar-refractivity contribution >= 4 is 34.3 Å². The molecule has 0 atom stereocenters. The number of carbonyl (C=O) groups excluding carboxylic acids is 1. The zero-order valence-electron chi connectivity index (χ0n) is 14.9. The van der Waals surface area contributed by atoms with Crippen molar-refractivity contribution in [1.82, 2.24) is 9.38 Å². The number of pyridine rings is 1. The highest BCUT2D eigenvalue weighted by molar-refractivity contribution is 6.37. The van der Waals surface area contributed by atoms with Crippen molar-refractivity contribution in [1.29, 1.82) is 0 Å². The monoisotopic (exact) mass is 380 g/mol. The number of methoxy groups -OCH3 is 1. The molecule has 0 fully saturated rings. The third kappa shape index (κ3) is 2.71. The van der Waals surface area contributed by atoms with E-state index in [0.717, 1.165) is 16.6 Å². The van der Waals surface area contributed by atoms with Gasteiger partial charge in [-0.25, -0.2) is 9.78 Å². The van der Waals surface area contributed by atoms with Crippen molar-refractivity contribution in [2.45, 2.75) is 6.92 Å². The van der Waals surface area contributed by atoms with Crippen LogP contribution < -0.4 is 4.74 Å². The van der Waals surface area contributed by atoms with Crippen LogP contribution in [0.2, 0.25) is 5.02 Å². The number of nitrogens with zero attached hydrogens (tertiary/aromatic N) is 2. The van der Waals surface area contributed by atoms with Gasteiger partial charge in [0.15, 0.2) is 5.65 Å². The molecule has 0 aliphatic carbocycles. The number of ether oxygens (including phenoxy) is 2. The average Bonchev–Trinajstić information content (AvgIpc) is 3.06. The minimum Gasteiger partial charge on any atom is -0.481 e. The predicted molar refractivity (Wildman–Crippen MR) is 106 cm³/mol. The molecule has 6 heteroatoms. The van der Waals surface area contributed by atoms with Crippen LogP contribution in [0, 0.1) is 0 Å². The molecular formula is C21H17ClN2O3. The Morgan fingerprint density at radius 3 is 2.52 bits per heavy atom. The Morgan fingerprint density at radius 1 is 1.11 bits per heavy atom. The van der Waals surface area contributed by atoms with E-state index in [-0.39, 0.29) is 17.2 Å². The molecule has 0 spiro atoms. The molecule has 0 saturated carbocycles. The van der Waals surface area contributed by atoms with Crippen LogP contribution >= 0.6 is 11.6 Å². The molecule has 0 saturated heterocycles. The first-order chi connectivity index (χ1) is 13.2. The van der Waals surface area contributed by atoms with Gasteiger partial charge in [0.2, 0.25) is 5.88 Å². The lowest BCUT2D eigenvalue weighted by atomic mass is 10.0. The van der Waals surface area contributed by atoms with Gasteiger partial charge in [-0.05, 0) is 24.6 Å². The van der Waals surface area contributed by atoms with Crippen LogP contribution in [-0.2, 0) is 4.74 Å². The Kier molecular flexibility index (Phi) is 4.46. The first-order valence-electron chi connectivity index (χ1n) is 8.56. The summed E-state index contributed by atoms with van der Waals surface area (Å²) in [5.74, 6) is 0.00517. The number of para-hydroxylation sites is 2. The Hall–Kier alpha value is -3.05. The van der Waals surface area contributed by atoms with Gasteiger partial charge in [0.25, 0.3) is 0 Å². The van der Waals surface area contributed by atoms with Crippen molar-refractivity contribution in [3.8, 4) is 17.0 Å². The molecule has 0 aliphatic heterocycles. The number of fused-ring (bicyclic) bond motifs is 3. The third-order valence-corrected chi connectivity index (χ3v) is 4.75. The summed E-state index contributed by atoms with van der Waals surface area (Å²) in [6.45, 7) is 2.00. The lowest BCUT2D eigenvalue weighted by Crippen LogP contribution is -2.11. The van der Waals surface area contributed by atoms with E-state index in [2.05, 4.69) is 4.98 Å². The highest BCUT2D eigenvalue weighted by Gasteiger charge is 2.27. The number of hydrogen-bond acceptors (Lipinski definition) is 4. The Balaban J connectivity index is 2.21. The minimum atomic E-state index is -0.511. The second-order valence-corrected chi connectivity index (χ2v) is 6.30. The fourth-order valence-corrected chi connectivity index (χ4v) is 3.61. The number of rotatable bonds is 4. The molecule has 2 heterocycles. The summed E-state index contributed by atoms with van der Waals surface area (Å²) in [4.78, 5) is 17.4. The normalized spacial score (nSPS) is 11.1. The molecule has 0 unspecified atom stereocenters. The molecule has 2 aromatic heterocycles. The summed E-state index contributed by atoms with van der Waals surface area (Å²) < 4.78 is 12.8. The van der Waals surface area contributed by atoms with Crippen LogP contribution in [0.5, 0.6) is 5.88 Å². The van der Waals surface area contributed by atoms with E-state index in [9.17, 15) is 4.79 Å². The second-order valence-electron chi connectivity index (χ2n) is 5.92. The van der Waals surface area contributed by atoms with Gasteiger partial charge < -0.3 is 9.47 Å². The van der Waals surface area contributed by atoms with E-state index in [0.29, 0.717) is 17.1 Å². The quantitative estimate of drug-likeness (QED) is 0.468. The van der Waals surface area contributed by atoms with E-state index in [1.807, 2.05) is 59.0 Å². The van der Waals surface area contributed by atoms with E-state index in [4.69, 9.17) is 21.1 Å². The number of halogens is 1. The summed E-state index contributed by atoms with van der Waals surface area (Å²) in [5.41, 5.74) is 3.67. The van der Waals surface area contributed by atoms with Crippen LogP contribution in [0.3, 0.4) is 0 Å². The molecule has 2 aromatic carbocycles. The van der Waals surface area contributed by atoms with E-state index in [1.165, 1.54) is 0 Å². The van der Waals surface area contributed by atoms with Gasteiger partial charge in [-0.3, -0.25) is 4.40 Å². The van der Waals surface area contributed by atoms with E-state index < -0.39 is 5.97 Å². The Labute approximate surface area is 161 Å². The molecule has 4 rings (SSSR count). The number of hydrogen-bond donors (Lipinski definition) is 0. The van der Waals surface area contributed by atoms with E-state index in [1.54, 1.807) is 14.0 Å². The van der Waals surface area contributed by atoms with Crippen molar-refractivity contribution in [2.24, 2.45) is 0 Å². The molecule has 27 heavy (non-hydrogen) atoms. The molecular weight excluding hydrogens is 364 g/mol. The first-order valence-corrected chi connectivity index (χ1v) is 8.94. The molecule has 0 bridgehead atoms. The van der Waals surface area contributed by atoms with Crippen LogP contribution in [0.15, 0.2) is 54.6 Å². The SMILES string of the molecule is CCOC(=O)c1c(Cl)c(-c2ccccc2)c(OC)n2c1nc1ccccc12. The third-order valence-electron chi connectivity index (χ3n) is 4.38. The summed E-state index contributed by atoms with van der Waals surface area (Å²) in [6.07, 6.45) is 0. The maximum absolute atomic E-state index is 12.7. The molecule has 136 valence electrons. The zero-order valence-corrected chi connectivity index (χ0v) is 15.7. The predicted octanol–water partition coefficient (Wildman–Crippen LogP) is 4.99. The maximum atomic E-state index is 12.7. The fraction of sp³-hybridized carbons (Fsp3) is 0.143. The second kappa shape index (κ2) is 6.93. The number of benzene rings is 2. The van der Waals surface area contributed by atoms with Gasteiger partial charge in [0.1, 0.15) is 5.56 Å². The number of carbonyl (C=O) groups is 1. The van der Waals surface area contributed by atoms with Gasteiger partial charge in [-0.1, -0.05) is 54.1 Å². The van der Waals surface area contributed by atoms with Gasteiger partial charge in [0, 0.05) is 0 Å². The molecule has 0 N–H and O–H groups in total. The van der Waals surface area contributed by atoms with E-state index >= 15 is 0 Å². The molecule has 4 aromatic rings. The van der Waals surface area contributed by atoms with Gasteiger partial charge in [0.05, 0.1) is 35.3 Å². The average molecular weight is 381 g/mol. The smallest absolute Gasteiger partial charge is 0.343 e. The Morgan fingerprint density at radius 2 is 1.81 bits per heavy atom. The zero-order chi connectivity index (χ0) is 19.0. The van der Waals surface area contributed by atoms with Gasteiger partial charge >= 0.3 is 5.97 Å². The van der Waals surface area contributed by atoms with Crippen LogP contribution in [0.4, 0.5) is 0 Å². The lowest BCUT2D eigenvalue weighted by molar-refractivity contribution is 0.0528. The summed E-state index contributed by atoms with van der Waals surface area (Å²) in [7, 11) is 1.58. The first kappa shape index (κ1) is 17.4. The molecule has 0 aliphatic rings. The summed E-state index contributed by atoms with van der Waals surface area (Å²) in [5, 5.41) is 0.263. The topological polar surface area (TPSA) is 52.8 Å². The number of imidazole rings is 1. The standard InChI is InChI=1S/C21H17ClN2O3/c1-3-27-21(25)17-18(22)16(13-9-5-4-6-10-13)20(26-2)24-15-12-8-7-11-14(15)23-19(17)24/h4-12H,3H2,1-2H3. The van der Waals surface area contributed by atoms with Gasteiger partial charge in [-0.15, -0.1) is 0 Å². The summed E-state index contributed by atoms with van der Waals surface area (Å²) in [6, 6.07) is 17.2. The highest BCUT2D eigenvalue weighted by Crippen LogP contribution is 2.42. The molecule has 0 radical (unpaired) electrons. The van der Waals surface area contributed by atoms with Gasteiger partial charge in [-0.2, -0.15) is 0 Å². The van der Waals surface area contributed by atoms with Crippen molar-refractivity contribution < 1.29 is 14.3 Å².